The molecule has 2 amide bonds. The number of nitrogens with zero attached hydrogens (tertiary/aromatic N) is 1. The molecule has 2 aromatic carbocycles. The third-order valence-corrected chi connectivity index (χ3v) is 7.22. The summed E-state index contributed by atoms with van der Waals surface area (Å²) in [6, 6.07) is 12.7. The minimum absolute atomic E-state index is 0. The molecule has 1 fully saturated rings. The fourth-order valence-corrected chi connectivity index (χ4v) is 4.93. The van der Waals surface area contributed by atoms with Gasteiger partial charge >= 0.3 is 25.0 Å². The third kappa shape index (κ3) is 8.81. The summed E-state index contributed by atoms with van der Waals surface area (Å²) in [7, 11) is 0. The largest absolute Gasteiger partial charge is 1.00 e. The van der Waals surface area contributed by atoms with Crippen LogP contribution in [-0.4, -0.2) is 66.7 Å². The number of carbonyl (C=O) groups excluding carboxylic acids is 3. The summed E-state index contributed by atoms with van der Waals surface area (Å²) in [5, 5.41) is 17.8. The normalized spacial score (nSPS) is 14.3. The molecular weight excluding hydrogens is 497 g/mol. The SMILES string of the molecule is CCOC(=O)N1CCC(NCc2ccc(C(=O)N[C@@H](CCSC)C(=O)[O-])c(-c3ccccc3C)c2)CC1.[Li+]. The molecule has 8 nitrogen and oxygen atoms in total. The van der Waals surface area contributed by atoms with Crippen molar-refractivity contribution in [2.24, 2.45) is 0 Å². The molecule has 1 aliphatic heterocycles. The van der Waals surface area contributed by atoms with Crippen molar-refractivity contribution in [3.63, 3.8) is 0 Å². The number of rotatable bonds is 11. The van der Waals surface area contributed by atoms with Gasteiger partial charge in [-0.05, 0) is 79.5 Å². The van der Waals surface area contributed by atoms with E-state index in [0.717, 1.165) is 35.1 Å². The molecule has 2 N–H and O–H groups in total. The molecule has 0 saturated carbocycles. The summed E-state index contributed by atoms with van der Waals surface area (Å²) in [6.45, 7) is 6.09. The molecule has 1 atom stereocenters. The molecular formula is C28H36LiN3O5S. The maximum Gasteiger partial charge on any atom is 1.00 e. The first-order valence-corrected chi connectivity index (χ1v) is 14.1. The van der Waals surface area contributed by atoms with E-state index < -0.39 is 17.9 Å². The van der Waals surface area contributed by atoms with E-state index in [-0.39, 0.29) is 31.0 Å². The zero-order valence-corrected chi connectivity index (χ0v) is 23.6. The van der Waals surface area contributed by atoms with Gasteiger partial charge in [-0.25, -0.2) is 4.79 Å². The number of carboxylic acid groups (broad SMARTS) is 1. The first-order valence-electron chi connectivity index (χ1n) is 12.7. The van der Waals surface area contributed by atoms with Crippen LogP contribution >= 0.6 is 11.8 Å². The fraction of sp³-hybridized carbons (Fsp3) is 0.464. The van der Waals surface area contributed by atoms with E-state index in [1.165, 1.54) is 11.8 Å². The molecule has 38 heavy (non-hydrogen) atoms. The van der Waals surface area contributed by atoms with Gasteiger partial charge in [-0.15, -0.1) is 0 Å². The van der Waals surface area contributed by atoms with Crippen molar-refractivity contribution < 1.29 is 43.1 Å². The zero-order valence-electron chi connectivity index (χ0n) is 22.7. The topological polar surface area (TPSA) is 111 Å². The Hall–Kier alpha value is -2.44. The van der Waals surface area contributed by atoms with Gasteiger partial charge in [0.05, 0.1) is 18.6 Å². The average Bonchev–Trinajstić information content (AvgIpc) is 2.90. The quantitative estimate of drug-likeness (QED) is 0.391. The Morgan fingerprint density at radius 1 is 1.13 bits per heavy atom. The van der Waals surface area contributed by atoms with Crippen molar-refractivity contribution in [3.8, 4) is 11.1 Å². The van der Waals surface area contributed by atoms with Crippen LogP contribution in [0.1, 0.15) is 47.7 Å². The summed E-state index contributed by atoms with van der Waals surface area (Å²) in [5.41, 5.74) is 4.14. The number of ether oxygens (including phenoxy) is 1. The molecule has 0 bridgehead atoms. The third-order valence-electron chi connectivity index (χ3n) is 6.58. The Labute approximate surface area is 241 Å². The van der Waals surface area contributed by atoms with Crippen molar-refractivity contribution in [1.29, 1.82) is 0 Å². The molecule has 10 heteroatoms. The van der Waals surface area contributed by atoms with E-state index in [4.69, 9.17) is 4.74 Å². The number of aryl methyl sites for hydroxylation is 1. The van der Waals surface area contributed by atoms with E-state index in [9.17, 15) is 19.5 Å². The number of aliphatic carboxylic acids is 1. The molecule has 1 saturated heterocycles. The summed E-state index contributed by atoms with van der Waals surface area (Å²) < 4.78 is 5.09. The number of hydrogen-bond acceptors (Lipinski definition) is 7. The van der Waals surface area contributed by atoms with Crippen LogP contribution in [0.15, 0.2) is 42.5 Å². The van der Waals surface area contributed by atoms with Crippen LogP contribution in [0.3, 0.4) is 0 Å². The maximum atomic E-state index is 13.2. The van der Waals surface area contributed by atoms with Crippen molar-refractivity contribution in [1.82, 2.24) is 15.5 Å². The van der Waals surface area contributed by atoms with Crippen molar-refractivity contribution in [2.45, 2.75) is 51.7 Å². The summed E-state index contributed by atoms with van der Waals surface area (Å²) >= 11 is 1.52. The number of nitrogens with one attached hydrogen (secondary N) is 2. The Bertz CT molecular complexity index is 1090. The second-order valence-electron chi connectivity index (χ2n) is 9.16. The minimum atomic E-state index is -1.28. The predicted octanol–water partition coefficient (Wildman–Crippen LogP) is -0.0221. The van der Waals surface area contributed by atoms with Crippen molar-refractivity contribution in [2.75, 3.05) is 31.7 Å². The smallest absolute Gasteiger partial charge is 0.548 e. The van der Waals surface area contributed by atoms with Crippen LogP contribution < -0.4 is 34.6 Å². The molecule has 200 valence electrons. The van der Waals surface area contributed by atoms with Gasteiger partial charge < -0.3 is 30.2 Å². The predicted molar refractivity (Wildman–Crippen MR) is 144 cm³/mol. The van der Waals surface area contributed by atoms with Crippen LogP contribution in [0, 0.1) is 6.92 Å². The summed E-state index contributed by atoms with van der Waals surface area (Å²) in [4.78, 5) is 38.5. The molecule has 0 unspecified atom stereocenters. The van der Waals surface area contributed by atoms with Gasteiger partial charge in [-0.3, -0.25) is 4.79 Å². The Balaban J connectivity index is 0.00000507. The number of hydrogen-bond donors (Lipinski definition) is 2. The van der Waals surface area contributed by atoms with Gasteiger partial charge in [-0.2, -0.15) is 11.8 Å². The Morgan fingerprint density at radius 2 is 1.84 bits per heavy atom. The van der Waals surface area contributed by atoms with Crippen molar-refractivity contribution >= 4 is 29.7 Å². The second kappa shape index (κ2) is 15.8. The zero-order chi connectivity index (χ0) is 26.8. The number of amides is 2. The van der Waals surface area contributed by atoms with Gasteiger partial charge in [0.15, 0.2) is 0 Å². The standard InChI is InChI=1S/C28H37N3O5S.Li/c1-4-36-28(35)31-14-11-21(12-15-31)29-18-20-9-10-23(24(17-20)22-8-6-5-7-19(22)2)26(32)30-25(27(33)34)13-16-37-3;/h5-10,17,21,25,29H,4,11-16,18H2,1-3H3,(H,30,32)(H,33,34);/q;+1/p-1/t25-;/m0./s1. The first kappa shape index (κ1) is 31.8. The Morgan fingerprint density at radius 3 is 2.47 bits per heavy atom. The summed E-state index contributed by atoms with van der Waals surface area (Å²) in [6.07, 6.45) is 3.61. The molecule has 0 aromatic heterocycles. The van der Waals surface area contributed by atoms with Crippen LogP contribution in [-0.2, 0) is 16.1 Å². The molecule has 0 radical (unpaired) electrons. The van der Waals surface area contributed by atoms with E-state index >= 15 is 0 Å². The molecule has 1 aliphatic rings. The van der Waals surface area contributed by atoms with Crippen LogP contribution in [0.25, 0.3) is 11.1 Å². The van der Waals surface area contributed by atoms with Gasteiger partial charge in [0.1, 0.15) is 0 Å². The molecule has 3 rings (SSSR count). The monoisotopic (exact) mass is 533 g/mol. The number of likely N-dealkylation sites (tertiary alicyclic amines) is 1. The molecule has 2 aromatic rings. The number of piperidine rings is 1. The molecule has 1 heterocycles. The van der Waals surface area contributed by atoms with E-state index in [0.29, 0.717) is 44.0 Å². The number of carboxylic acids is 1. The Kier molecular flexibility index (Phi) is 13.2. The maximum absolute atomic E-state index is 13.2. The number of thioether (sulfide) groups is 1. The van der Waals surface area contributed by atoms with Crippen LogP contribution in [0.2, 0.25) is 0 Å². The minimum Gasteiger partial charge on any atom is -0.548 e. The average molecular weight is 534 g/mol. The summed E-state index contributed by atoms with van der Waals surface area (Å²) in [5.74, 6) is -1.11. The first-order chi connectivity index (χ1) is 17.8. The van der Waals surface area contributed by atoms with E-state index in [1.54, 1.807) is 17.9 Å². The van der Waals surface area contributed by atoms with E-state index in [2.05, 4.69) is 10.6 Å². The second-order valence-corrected chi connectivity index (χ2v) is 10.1. The van der Waals surface area contributed by atoms with Crippen molar-refractivity contribution in [3.05, 3.63) is 59.2 Å². The van der Waals surface area contributed by atoms with E-state index in [1.807, 2.05) is 49.6 Å². The van der Waals surface area contributed by atoms with Gasteiger partial charge in [0.25, 0.3) is 5.91 Å². The number of benzene rings is 2. The van der Waals surface area contributed by atoms with Gasteiger partial charge in [-0.1, -0.05) is 30.3 Å². The molecule has 0 spiro atoms. The fourth-order valence-electron chi connectivity index (χ4n) is 4.46. The molecule has 0 aliphatic carbocycles. The van der Waals surface area contributed by atoms with Gasteiger partial charge in [0, 0.05) is 31.2 Å². The van der Waals surface area contributed by atoms with Crippen LogP contribution in [0.4, 0.5) is 4.79 Å². The number of carbonyl (C=O) groups is 3. The van der Waals surface area contributed by atoms with Crippen LogP contribution in [0.5, 0.6) is 0 Å². The van der Waals surface area contributed by atoms with Gasteiger partial charge in [0.2, 0.25) is 0 Å².